The van der Waals surface area contributed by atoms with Crippen LogP contribution < -0.4 is 28.7 Å². The third-order valence-electron chi connectivity index (χ3n) is 8.06. The number of piperazine rings is 1. The summed E-state index contributed by atoms with van der Waals surface area (Å²) in [6.45, 7) is 2.55. The standard InChI is InChI=1S/C32H36ClN3O6/c1-39-25-10-8-21(9-11-25)30-26(32(38)35-16-14-34(15-17-35)23-7-5-6-22(33)18-23)12-13-29(37)36(30)24-19-27(40-2)31(42-4)28(20-24)41-3/h5-11,18-20,26,30H,12-17H2,1-4H3/t26-,30+/m0/s1. The lowest BCUT2D eigenvalue weighted by molar-refractivity contribution is -0.138. The fourth-order valence-corrected chi connectivity index (χ4v) is 6.12. The fraction of sp³-hybridized carbons (Fsp3) is 0.375. The number of methoxy groups -OCH3 is 4. The Bertz CT molecular complexity index is 1400. The van der Waals surface area contributed by atoms with Crippen LogP contribution in [-0.4, -0.2) is 71.3 Å². The van der Waals surface area contributed by atoms with Gasteiger partial charge in [-0.05, 0) is 42.3 Å². The van der Waals surface area contributed by atoms with Gasteiger partial charge in [-0.25, -0.2) is 0 Å². The van der Waals surface area contributed by atoms with Gasteiger partial charge in [-0.2, -0.15) is 0 Å². The van der Waals surface area contributed by atoms with Gasteiger partial charge in [-0.1, -0.05) is 29.8 Å². The second-order valence-corrected chi connectivity index (χ2v) is 10.7. The molecule has 42 heavy (non-hydrogen) atoms. The number of halogens is 1. The van der Waals surface area contributed by atoms with Gasteiger partial charge in [0.1, 0.15) is 5.75 Å². The van der Waals surface area contributed by atoms with E-state index in [1.165, 1.54) is 21.3 Å². The van der Waals surface area contributed by atoms with Crippen molar-refractivity contribution in [1.29, 1.82) is 0 Å². The van der Waals surface area contributed by atoms with Crippen molar-refractivity contribution < 1.29 is 28.5 Å². The minimum absolute atomic E-state index is 0.0338. The summed E-state index contributed by atoms with van der Waals surface area (Å²) in [5.74, 6) is 1.48. The van der Waals surface area contributed by atoms with E-state index in [1.54, 1.807) is 24.1 Å². The summed E-state index contributed by atoms with van der Waals surface area (Å²) >= 11 is 6.22. The van der Waals surface area contributed by atoms with Crippen molar-refractivity contribution in [2.24, 2.45) is 5.92 Å². The summed E-state index contributed by atoms with van der Waals surface area (Å²) in [5, 5.41) is 0.687. The van der Waals surface area contributed by atoms with Crippen LogP contribution in [-0.2, 0) is 9.59 Å². The average molecular weight is 594 g/mol. The van der Waals surface area contributed by atoms with Gasteiger partial charge in [0.05, 0.1) is 46.1 Å². The lowest BCUT2D eigenvalue weighted by Gasteiger charge is -2.44. The topological polar surface area (TPSA) is 80.8 Å². The number of benzene rings is 3. The van der Waals surface area contributed by atoms with E-state index in [2.05, 4.69) is 4.90 Å². The Labute approximate surface area is 251 Å². The molecule has 0 N–H and O–H groups in total. The molecular weight excluding hydrogens is 558 g/mol. The van der Waals surface area contributed by atoms with E-state index < -0.39 is 12.0 Å². The SMILES string of the molecule is COc1ccc([C@@H]2[C@@H](C(=O)N3CCN(c4cccc(Cl)c4)CC3)CCC(=O)N2c2cc(OC)c(OC)c(OC)c2)cc1. The molecule has 2 aliphatic rings. The fourth-order valence-electron chi connectivity index (χ4n) is 5.94. The summed E-state index contributed by atoms with van der Waals surface area (Å²) in [7, 11) is 6.22. The van der Waals surface area contributed by atoms with E-state index in [0.717, 1.165) is 11.3 Å². The van der Waals surface area contributed by atoms with Crippen LogP contribution in [0, 0.1) is 5.92 Å². The lowest BCUT2D eigenvalue weighted by atomic mass is 9.82. The van der Waals surface area contributed by atoms with Gasteiger partial charge in [-0.15, -0.1) is 0 Å². The molecule has 0 radical (unpaired) electrons. The van der Waals surface area contributed by atoms with Crippen molar-refractivity contribution in [3.8, 4) is 23.0 Å². The Morgan fingerprint density at radius 1 is 0.810 bits per heavy atom. The molecule has 3 aromatic carbocycles. The number of amides is 2. The number of hydrogen-bond donors (Lipinski definition) is 0. The molecule has 5 rings (SSSR count). The first-order chi connectivity index (χ1) is 20.4. The van der Waals surface area contributed by atoms with Gasteiger partial charge >= 0.3 is 0 Å². The molecular formula is C32H36ClN3O6. The number of hydrogen-bond acceptors (Lipinski definition) is 7. The Morgan fingerprint density at radius 2 is 1.48 bits per heavy atom. The highest BCUT2D eigenvalue weighted by Gasteiger charge is 2.44. The molecule has 0 unspecified atom stereocenters. The van der Waals surface area contributed by atoms with Crippen LogP contribution in [0.2, 0.25) is 5.02 Å². The third kappa shape index (κ3) is 5.79. The van der Waals surface area contributed by atoms with E-state index in [9.17, 15) is 9.59 Å². The van der Waals surface area contributed by atoms with E-state index in [-0.39, 0.29) is 18.2 Å². The molecule has 0 aromatic heterocycles. The van der Waals surface area contributed by atoms with Crippen LogP contribution in [0.25, 0.3) is 0 Å². The number of ether oxygens (including phenoxy) is 4. The summed E-state index contributed by atoms with van der Waals surface area (Å²) in [5.41, 5.74) is 2.45. The zero-order chi connectivity index (χ0) is 29.8. The maximum Gasteiger partial charge on any atom is 0.228 e. The molecule has 2 atom stereocenters. The highest BCUT2D eigenvalue weighted by atomic mass is 35.5. The van der Waals surface area contributed by atoms with Crippen molar-refractivity contribution in [3.63, 3.8) is 0 Å². The number of rotatable bonds is 8. The summed E-state index contributed by atoms with van der Waals surface area (Å²) in [4.78, 5) is 33.8. The maximum absolute atomic E-state index is 14.2. The van der Waals surface area contributed by atoms with Crippen LogP contribution in [0.4, 0.5) is 11.4 Å². The molecule has 2 heterocycles. The molecule has 10 heteroatoms. The second-order valence-electron chi connectivity index (χ2n) is 10.3. The zero-order valence-electron chi connectivity index (χ0n) is 24.3. The normalized spacial score (nSPS) is 19.0. The van der Waals surface area contributed by atoms with Crippen molar-refractivity contribution in [3.05, 3.63) is 71.2 Å². The third-order valence-corrected chi connectivity index (χ3v) is 8.30. The minimum Gasteiger partial charge on any atom is -0.497 e. The van der Waals surface area contributed by atoms with Gasteiger partial charge in [0.2, 0.25) is 17.6 Å². The molecule has 2 amide bonds. The molecule has 9 nitrogen and oxygen atoms in total. The monoisotopic (exact) mass is 593 g/mol. The van der Waals surface area contributed by atoms with Gasteiger partial charge in [0.25, 0.3) is 0 Å². The molecule has 2 saturated heterocycles. The molecule has 0 bridgehead atoms. The first-order valence-electron chi connectivity index (χ1n) is 13.9. The van der Waals surface area contributed by atoms with Crippen molar-refractivity contribution in [2.45, 2.75) is 18.9 Å². The smallest absolute Gasteiger partial charge is 0.228 e. The largest absolute Gasteiger partial charge is 0.497 e. The molecule has 0 saturated carbocycles. The highest BCUT2D eigenvalue weighted by molar-refractivity contribution is 6.30. The van der Waals surface area contributed by atoms with E-state index in [1.807, 2.05) is 53.4 Å². The highest BCUT2D eigenvalue weighted by Crippen LogP contribution is 2.46. The van der Waals surface area contributed by atoms with Crippen LogP contribution >= 0.6 is 11.6 Å². The summed E-state index contributed by atoms with van der Waals surface area (Å²) in [6, 6.07) is 18.3. The second kappa shape index (κ2) is 12.8. The predicted octanol–water partition coefficient (Wildman–Crippen LogP) is 5.21. The van der Waals surface area contributed by atoms with Crippen LogP contribution in [0.5, 0.6) is 23.0 Å². The lowest BCUT2D eigenvalue weighted by Crippen LogP contribution is -2.54. The minimum atomic E-state index is -0.543. The van der Waals surface area contributed by atoms with Crippen LogP contribution in [0.15, 0.2) is 60.7 Å². The first kappa shape index (κ1) is 29.4. The number of anilines is 2. The summed E-state index contributed by atoms with van der Waals surface area (Å²) < 4.78 is 22.1. The molecule has 0 aliphatic carbocycles. The molecule has 2 fully saturated rings. The molecule has 3 aromatic rings. The quantitative estimate of drug-likeness (QED) is 0.355. The number of piperidine rings is 1. The number of carbonyl (C=O) groups excluding carboxylic acids is 2. The average Bonchev–Trinajstić information content (AvgIpc) is 3.03. The predicted molar refractivity (Wildman–Crippen MR) is 162 cm³/mol. The van der Waals surface area contributed by atoms with Crippen molar-refractivity contribution in [2.75, 3.05) is 64.4 Å². The Balaban J connectivity index is 1.49. The number of nitrogens with zero attached hydrogens (tertiary/aromatic N) is 3. The molecule has 2 aliphatic heterocycles. The van der Waals surface area contributed by atoms with Crippen molar-refractivity contribution >= 4 is 34.8 Å². The maximum atomic E-state index is 14.2. The summed E-state index contributed by atoms with van der Waals surface area (Å²) in [6.07, 6.45) is 0.687. The Kier molecular flexibility index (Phi) is 8.97. The Morgan fingerprint density at radius 3 is 2.05 bits per heavy atom. The molecule has 222 valence electrons. The van der Waals surface area contributed by atoms with Gasteiger partial charge in [0, 0.05) is 55.4 Å². The van der Waals surface area contributed by atoms with E-state index in [0.29, 0.717) is 66.3 Å². The van der Waals surface area contributed by atoms with Gasteiger partial charge in [0.15, 0.2) is 11.5 Å². The molecule has 0 spiro atoms. The number of carbonyl (C=O) groups is 2. The zero-order valence-corrected chi connectivity index (χ0v) is 25.1. The first-order valence-corrected chi connectivity index (χ1v) is 14.3. The van der Waals surface area contributed by atoms with Gasteiger partial charge in [-0.3, -0.25) is 9.59 Å². The van der Waals surface area contributed by atoms with E-state index >= 15 is 0 Å². The van der Waals surface area contributed by atoms with E-state index in [4.69, 9.17) is 30.5 Å². The van der Waals surface area contributed by atoms with Crippen molar-refractivity contribution in [1.82, 2.24) is 4.90 Å². The van der Waals surface area contributed by atoms with Crippen LogP contribution in [0.3, 0.4) is 0 Å². The van der Waals surface area contributed by atoms with Crippen LogP contribution in [0.1, 0.15) is 24.4 Å². The van der Waals surface area contributed by atoms with Gasteiger partial charge < -0.3 is 33.6 Å². The Hall–Kier alpha value is -4.11.